The number of ether oxygens (including phenoxy) is 1. The van der Waals surface area contributed by atoms with E-state index in [2.05, 4.69) is 0 Å². The number of sulfonamides is 1. The second kappa shape index (κ2) is 6.68. The van der Waals surface area contributed by atoms with Crippen LogP contribution in [0.15, 0.2) is 71.6 Å². The Morgan fingerprint density at radius 1 is 0.963 bits per heavy atom. The number of β-amino-alcohol motifs (C(OH)–C–C–N with tert-alkyl or cyclic N) is 1. The summed E-state index contributed by atoms with van der Waals surface area (Å²) in [5, 5.41) is 12.3. The first-order chi connectivity index (χ1) is 13.0. The third-order valence-corrected chi connectivity index (χ3v) is 6.26. The van der Waals surface area contributed by atoms with Gasteiger partial charge in [-0.2, -0.15) is 0 Å². The Labute approximate surface area is 156 Å². The molecule has 1 aliphatic rings. The van der Waals surface area contributed by atoms with E-state index in [-0.39, 0.29) is 23.6 Å². The van der Waals surface area contributed by atoms with Crippen molar-refractivity contribution in [1.29, 1.82) is 0 Å². The van der Waals surface area contributed by atoms with Crippen LogP contribution in [-0.4, -0.2) is 43.0 Å². The van der Waals surface area contributed by atoms with Gasteiger partial charge in [0.05, 0.1) is 12.1 Å². The first-order valence-electron chi connectivity index (χ1n) is 8.42. The number of fused-ring (bicyclic) bond motifs is 2. The van der Waals surface area contributed by atoms with E-state index in [1.54, 1.807) is 18.2 Å². The molecule has 138 valence electrons. The van der Waals surface area contributed by atoms with Gasteiger partial charge in [-0.3, -0.25) is 4.79 Å². The van der Waals surface area contributed by atoms with E-state index in [0.29, 0.717) is 10.1 Å². The number of nitrogens with zero attached hydrogens (tertiary/aromatic N) is 1. The van der Waals surface area contributed by atoms with Gasteiger partial charge in [0.2, 0.25) is 0 Å². The number of hydrogen-bond donors (Lipinski definition) is 1. The lowest BCUT2D eigenvalue weighted by Crippen LogP contribution is -2.39. The molecule has 7 heteroatoms. The van der Waals surface area contributed by atoms with Gasteiger partial charge in [0.1, 0.15) is 23.4 Å². The quantitative estimate of drug-likeness (QED) is 0.732. The largest absolute Gasteiger partial charge is 0.491 e. The Hall–Kier alpha value is -2.90. The molecular weight excluding hydrogens is 366 g/mol. The van der Waals surface area contributed by atoms with Gasteiger partial charge in [0, 0.05) is 0 Å². The summed E-state index contributed by atoms with van der Waals surface area (Å²) < 4.78 is 31.3. The maximum atomic E-state index is 12.5. The van der Waals surface area contributed by atoms with Gasteiger partial charge in [0.25, 0.3) is 15.9 Å². The van der Waals surface area contributed by atoms with E-state index >= 15 is 0 Å². The number of amides is 1. The Morgan fingerprint density at radius 3 is 2.44 bits per heavy atom. The molecule has 27 heavy (non-hydrogen) atoms. The van der Waals surface area contributed by atoms with E-state index in [9.17, 15) is 18.3 Å². The fourth-order valence-corrected chi connectivity index (χ4v) is 4.71. The monoisotopic (exact) mass is 383 g/mol. The fraction of sp³-hybridized carbons (Fsp3) is 0.150. The Morgan fingerprint density at radius 2 is 1.67 bits per heavy atom. The third kappa shape index (κ3) is 3.15. The van der Waals surface area contributed by atoms with Crippen LogP contribution in [0.25, 0.3) is 10.8 Å². The summed E-state index contributed by atoms with van der Waals surface area (Å²) in [5.41, 5.74) is 0.125. The van der Waals surface area contributed by atoms with Crippen LogP contribution in [0.2, 0.25) is 0 Å². The summed E-state index contributed by atoms with van der Waals surface area (Å²) in [5.74, 6) is -0.0676. The summed E-state index contributed by atoms with van der Waals surface area (Å²) in [6.07, 6.45) is -1.15. The van der Waals surface area contributed by atoms with Crippen molar-refractivity contribution >= 4 is 26.7 Å². The van der Waals surface area contributed by atoms with Gasteiger partial charge in [-0.05, 0) is 35.0 Å². The number of carbonyl (C=O) groups is 1. The lowest BCUT2D eigenvalue weighted by molar-refractivity contribution is 0.0687. The van der Waals surface area contributed by atoms with Gasteiger partial charge in [0.15, 0.2) is 0 Å². The van der Waals surface area contributed by atoms with E-state index < -0.39 is 22.0 Å². The first-order valence-corrected chi connectivity index (χ1v) is 9.86. The third-order valence-electron chi connectivity index (χ3n) is 4.45. The molecule has 0 fully saturated rings. The first kappa shape index (κ1) is 17.5. The molecule has 0 saturated heterocycles. The van der Waals surface area contributed by atoms with E-state index in [4.69, 9.17) is 4.74 Å². The van der Waals surface area contributed by atoms with E-state index in [1.165, 1.54) is 12.1 Å². The molecule has 4 rings (SSSR count). The minimum Gasteiger partial charge on any atom is -0.491 e. The van der Waals surface area contributed by atoms with Gasteiger partial charge in [-0.25, -0.2) is 12.7 Å². The number of aliphatic hydroxyl groups is 1. The Kier molecular flexibility index (Phi) is 4.33. The molecule has 1 aliphatic heterocycles. The summed E-state index contributed by atoms with van der Waals surface area (Å²) >= 11 is 0. The van der Waals surface area contributed by atoms with Gasteiger partial charge in [-0.15, -0.1) is 0 Å². The maximum absolute atomic E-state index is 12.5. The normalized spacial score (nSPS) is 16.3. The molecule has 6 nitrogen and oxygen atoms in total. The smallest absolute Gasteiger partial charge is 0.269 e. The highest BCUT2D eigenvalue weighted by molar-refractivity contribution is 7.90. The van der Waals surface area contributed by atoms with Crippen LogP contribution in [0.4, 0.5) is 0 Å². The summed E-state index contributed by atoms with van der Waals surface area (Å²) in [6, 6.07) is 19.3. The fourth-order valence-electron chi connectivity index (χ4n) is 3.11. The molecule has 0 spiro atoms. The van der Waals surface area contributed by atoms with Crippen molar-refractivity contribution in [2.45, 2.75) is 11.0 Å². The molecule has 0 aromatic heterocycles. The van der Waals surface area contributed by atoms with Crippen LogP contribution in [0.3, 0.4) is 0 Å². The van der Waals surface area contributed by atoms with Gasteiger partial charge < -0.3 is 9.84 Å². The molecule has 1 N–H and O–H groups in total. The van der Waals surface area contributed by atoms with Crippen LogP contribution >= 0.6 is 0 Å². The lowest BCUT2D eigenvalue weighted by atomic mass is 10.1. The molecular formula is C20H17NO5S. The zero-order chi connectivity index (χ0) is 19.0. The molecule has 1 heterocycles. The topological polar surface area (TPSA) is 83.9 Å². The molecule has 3 aromatic carbocycles. The number of hydrogen-bond acceptors (Lipinski definition) is 5. The van der Waals surface area contributed by atoms with Crippen molar-refractivity contribution in [2.75, 3.05) is 13.2 Å². The lowest BCUT2D eigenvalue weighted by Gasteiger charge is -2.19. The predicted molar refractivity (Wildman–Crippen MR) is 100 cm³/mol. The molecule has 1 atom stereocenters. The second-order valence-corrected chi connectivity index (χ2v) is 8.14. The van der Waals surface area contributed by atoms with Gasteiger partial charge in [-0.1, -0.05) is 42.5 Å². The van der Waals surface area contributed by atoms with E-state index in [0.717, 1.165) is 10.8 Å². The average Bonchev–Trinajstić information content (AvgIpc) is 2.87. The minimum atomic E-state index is -3.93. The molecule has 1 amide bonds. The van der Waals surface area contributed by atoms with Crippen molar-refractivity contribution in [2.24, 2.45) is 0 Å². The van der Waals surface area contributed by atoms with Crippen LogP contribution in [0.5, 0.6) is 5.75 Å². The number of aliphatic hydroxyl groups excluding tert-OH is 1. The molecule has 0 aliphatic carbocycles. The van der Waals surface area contributed by atoms with Crippen LogP contribution in [0, 0.1) is 0 Å². The second-order valence-electron chi connectivity index (χ2n) is 6.31. The van der Waals surface area contributed by atoms with E-state index in [1.807, 2.05) is 36.4 Å². The maximum Gasteiger partial charge on any atom is 0.269 e. The number of carbonyl (C=O) groups excluding carboxylic acids is 1. The SMILES string of the molecule is O=C1c2ccccc2S(=O)(=O)N1CC(O)COc1ccc2ccccc2c1. The van der Waals surface area contributed by atoms with Crippen molar-refractivity contribution in [3.63, 3.8) is 0 Å². The highest BCUT2D eigenvalue weighted by atomic mass is 32.2. The number of benzene rings is 3. The molecule has 3 aromatic rings. The summed E-state index contributed by atoms with van der Waals surface area (Å²) in [6.45, 7) is -0.489. The highest BCUT2D eigenvalue weighted by Crippen LogP contribution is 2.30. The average molecular weight is 383 g/mol. The molecule has 1 unspecified atom stereocenters. The predicted octanol–water partition coefficient (Wildman–Crippen LogP) is 2.42. The van der Waals surface area contributed by atoms with Crippen LogP contribution in [-0.2, 0) is 10.0 Å². The Bertz CT molecular complexity index is 1130. The van der Waals surface area contributed by atoms with Crippen molar-refractivity contribution in [3.8, 4) is 5.75 Å². The zero-order valence-corrected chi connectivity index (χ0v) is 15.1. The van der Waals surface area contributed by atoms with Gasteiger partial charge >= 0.3 is 0 Å². The highest BCUT2D eigenvalue weighted by Gasteiger charge is 2.41. The number of rotatable bonds is 5. The van der Waals surface area contributed by atoms with Crippen molar-refractivity contribution < 1.29 is 23.1 Å². The minimum absolute atomic E-state index is 0.0300. The summed E-state index contributed by atoms with van der Waals surface area (Å²) in [4.78, 5) is 12.3. The van der Waals surface area contributed by atoms with Crippen molar-refractivity contribution in [3.05, 3.63) is 72.3 Å². The zero-order valence-electron chi connectivity index (χ0n) is 14.3. The Balaban J connectivity index is 1.45. The van der Waals surface area contributed by atoms with Crippen LogP contribution < -0.4 is 4.74 Å². The molecule has 0 saturated carbocycles. The molecule has 0 bridgehead atoms. The van der Waals surface area contributed by atoms with Crippen molar-refractivity contribution in [1.82, 2.24) is 4.31 Å². The van der Waals surface area contributed by atoms with Crippen LogP contribution in [0.1, 0.15) is 10.4 Å². The molecule has 0 radical (unpaired) electrons. The standard InChI is InChI=1S/C20H17NO5S/c22-16(13-26-17-10-9-14-5-1-2-6-15(14)11-17)12-21-20(23)18-7-3-4-8-19(18)27(21,24)25/h1-11,16,22H,12-13H2. The summed E-state index contributed by atoms with van der Waals surface area (Å²) in [7, 11) is -3.93.